The molecule has 0 aliphatic heterocycles. The quantitative estimate of drug-likeness (QED) is 0.602. The fraction of sp³-hybridized carbons (Fsp3) is 0.118. The van der Waals surface area contributed by atoms with Crippen LogP contribution in [0.3, 0.4) is 0 Å². The molecule has 26 heavy (non-hydrogen) atoms. The predicted molar refractivity (Wildman–Crippen MR) is 102 cm³/mol. The van der Waals surface area contributed by atoms with Gasteiger partial charge in [-0.1, -0.05) is 11.6 Å². The van der Waals surface area contributed by atoms with E-state index in [9.17, 15) is 0 Å². The number of halogens is 1. The van der Waals surface area contributed by atoms with E-state index >= 15 is 0 Å². The molecule has 0 fully saturated rings. The van der Waals surface area contributed by atoms with Crippen molar-refractivity contribution in [1.82, 2.24) is 15.0 Å². The third-order valence-corrected chi connectivity index (χ3v) is 3.74. The second-order valence-corrected chi connectivity index (χ2v) is 5.60. The maximum atomic E-state index is 6.19. The summed E-state index contributed by atoms with van der Waals surface area (Å²) in [6, 6.07) is 8.82. The highest BCUT2D eigenvalue weighted by atomic mass is 35.5. The van der Waals surface area contributed by atoms with Gasteiger partial charge in [0.15, 0.2) is 11.6 Å². The van der Waals surface area contributed by atoms with Gasteiger partial charge in [-0.25, -0.2) is 15.0 Å². The number of pyridine rings is 1. The summed E-state index contributed by atoms with van der Waals surface area (Å²) in [6.45, 7) is 0. The Morgan fingerprint density at radius 1 is 0.962 bits per heavy atom. The van der Waals surface area contributed by atoms with Crippen molar-refractivity contribution in [2.75, 3.05) is 30.6 Å². The summed E-state index contributed by atoms with van der Waals surface area (Å²) < 4.78 is 10.6. The lowest BCUT2D eigenvalue weighted by molar-refractivity contribution is 0.395. The smallest absolute Gasteiger partial charge is 0.160 e. The Labute approximate surface area is 155 Å². The Morgan fingerprint density at radius 3 is 2.38 bits per heavy atom. The van der Waals surface area contributed by atoms with Crippen LogP contribution in [-0.4, -0.2) is 29.2 Å². The second kappa shape index (κ2) is 7.75. The van der Waals surface area contributed by atoms with Crippen LogP contribution >= 0.6 is 11.6 Å². The molecule has 2 aromatic heterocycles. The zero-order chi connectivity index (χ0) is 18.5. The molecule has 0 radical (unpaired) electrons. The Balaban J connectivity index is 1.86. The largest absolute Gasteiger partial charge is 0.497 e. The molecule has 3 aromatic rings. The van der Waals surface area contributed by atoms with Crippen molar-refractivity contribution in [2.24, 2.45) is 0 Å². The molecular weight excluding hydrogens is 356 g/mol. The van der Waals surface area contributed by atoms with E-state index in [0.29, 0.717) is 45.4 Å². The summed E-state index contributed by atoms with van der Waals surface area (Å²) in [6.07, 6.45) is 2.93. The fourth-order valence-corrected chi connectivity index (χ4v) is 2.31. The van der Waals surface area contributed by atoms with Gasteiger partial charge in [0, 0.05) is 12.3 Å². The van der Waals surface area contributed by atoms with Crippen molar-refractivity contribution in [3.63, 3.8) is 0 Å². The van der Waals surface area contributed by atoms with Gasteiger partial charge in [-0.15, -0.1) is 0 Å². The predicted octanol–water partition coefficient (Wildman–Crippen LogP) is 3.61. The molecule has 0 unspecified atom stereocenters. The van der Waals surface area contributed by atoms with Crippen LogP contribution in [0.25, 0.3) is 0 Å². The molecule has 0 saturated carbocycles. The van der Waals surface area contributed by atoms with Crippen LogP contribution in [0.15, 0.2) is 42.9 Å². The van der Waals surface area contributed by atoms with E-state index in [1.54, 1.807) is 38.5 Å². The molecule has 1 aromatic carbocycles. The van der Waals surface area contributed by atoms with Crippen molar-refractivity contribution in [3.05, 3.63) is 47.9 Å². The molecule has 3 rings (SSSR count). The Morgan fingerprint density at radius 2 is 1.73 bits per heavy atom. The Bertz CT molecular complexity index is 904. The zero-order valence-electron chi connectivity index (χ0n) is 14.2. The molecule has 9 heteroatoms. The third kappa shape index (κ3) is 3.86. The summed E-state index contributed by atoms with van der Waals surface area (Å²) in [5.74, 6) is 2.69. The van der Waals surface area contributed by atoms with Gasteiger partial charge in [-0.2, -0.15) is 0 Å². The number of hydrogen-bond donors (Lipinski definition) is 3. The lowest BCUT2D eigenvalue weighted by Crippen LogP contribution is -2.06. The molecule has 2 heterocycles. The minimum atomic E-state index is 0.335. The average molecular weight is 373 g/mol. The van der Waals surface area contributed by atoms with E-state index in [-0.39, 0.29) is 0 Å². The number of nitrogens with one attached hydrogen (secondary N) is 2. The van der Waals surface area contributed by atoms with Crippen LogP contribution in [0.4, 0.5) is 28.8 Å². The highest BCUT2D eigenvalue weighted by Crippen LogP contribution is 2.34. The lowest BCUT2D eigenvalue weighted by atomic mass is 10.2. The Hall–Kier alpha value is -3.26. The minimum absolute atomic E-state index is 0.335. The van der Waals surface area contributed by atoms with Gasteiger partial charge in [-0.05, 0) is 24.3 Å². The average Bonchev–Trinajstić information content (AvgIpc) is 2.67. The van der Waals surface area contributed by atoms with Crippen molar-refractivity contribution in [2.45, 2.75) is 0 Å². The van der Waals surface area contributed by atoms with E-state index < -0.39 is 0 Å². The number of rotatable bonds is 6. The van der Waals surface area contributed by atoms with Crippen molar-refractivity contribution >= 4 is 40.4 Å². The lowest BCUT2D eigenvalue weighted by Gasteiger charge is -2.15. The first-order valence-electron chi connectivity index (χ1n) is 7.59. The summed E-state index contributed by atoms with van der Waals surface area (Å²) in [7, 11) is 3.16. The van der Waals surface area contributed by atoms with Gasteiger partial charge in [0.25, 0.3) is 0 Å². The monoisotopic (exact) mass is 372 g/mol. The summed E-state index contributed by atoms with van der Waals surface area (Å²) >= 11 is 5.84. The molecule has 134 valence electrons. The maximum Gasteiger partial charge on any atom is 0.160 e. The first-order chi connectivity index (χ1) is 12.6. The highest BCUT2D eigenvalue weighted by molar-refractivity contribution is 6.30. The highest BCUT2D eigenvalue weighted by Gasteiger charge is 2.12. The maximum absolute atomic E-state index is 6.19. The molecule has 0 spiro atoms. The molecule has 8 nitrogen and oxygen atoms in total. The van der Waals surface area contributed by atoms with E-state index in [1.807, 2.05) is 6.07 Å². The summed E-state index contributed by atoms with van der Waals surface area (Å²) in [4.78, 5) is 12.5. The van der Waals surface area contributed by atoms with E-state index in [4.69, 9.17) is 26.8 Å². The van der Waals surface area contributed by atoms with Gasteiger partial charge in [-0.3, -0.25) is 0 Å². The normalized spacial score (nSPS) is 10.3. The van der Waals surface area contributed by atoms with Gasteiger partial charge in [0.2, 0.25) is 0 Å². The van der Waals surface area contributed by atoms with Crippen LogP contribution < -0.4 is 25.8 Å². The summed E-state index contributed by atoms with van der Waals surface area (Å²) in [5.41, 5.74) is 7.21. The molecule has 0 aliphatic rings. The molecule has 4 N–H and O–H groups in total. The number of benzene rings is 1. The van der Waals surface area contributed by atoms with Crippen LogP contribution in [0.1, 0.15) is 0 Å². The van der Waals surface area contributed by atoms with Gasteiger partial charge < -0.3 is 25.8 Å². The number of nitrogens with two attached hydrogens (primary N) is 1. The van der Waals surface area contributed by atoms with Crippen LogP contribution in [0, 0.1) is 0 Å². The molecule has 0 saturated heterocycles. The van der Waals surface area contributed by atoms with Crippen LogP contribution in [0.2, 0.25) is 5.02 Å². The van der Waals surface area contributed by atoms with Gasteiger partial charge in [0.05, 0.1) is 24.9 Å². The minimum Gasteiger partial charge on any atom is -0.497 e. The van der Waals surface area contributed by atoms with Crippen molar-refractivity contribution < 1.29 is 9.47 Å². The van der Waals surface area contributed by atoms with Crippen LogP contribution in [0.5, 0.6) is 11.5 Å². The molecule has 0 bridgehead atoms. The third-order valence-electron chi connectivity index (χ3n) is 3.52. The number of methoxy groups -OCH3 is 2. The number of aromatic nitrogens is 3. The zero-order valence-corrected chi connectivity index (χ0v) is 14.9. The molecule has 0 aliphatic carbocycles. The number of hydrogen-bond acceptors (Lipinski definition) is 8. The number of nitrogen functional groups attached to an aromatic ring is 1. The first-order valence-corrected chi connectivity index (χ1v) is 7.96. The first kappa shape index (κ1) is 17.6. The van der Waals surface area contributed by atoms with Crippen LogP contribution in [-0.2, 0) is 0 Å². The van der Waals surface area contributed by atoms with E-state index in [0.717, 1.165) is 0 Å². The fourth-order valence-electron chi connectivity index (χ4n) is 2.20. The molecule has 0 amide bonds. The van der Waals surface area contributed by atoms with Gasteiger partial charge >= 0.3 is 0 Å². The topological polar surface area (TPSA) is 107 Å². The van der Waals surface area contributed by atoms with E-state index in [1.165, 1.54) is 12.5 Å². The summed E-state index contributed by atoms with van der Waals surface area (Å²) in [5, 5.41) is 6.72. The standard InChI is InChI=1S/C17H17ClN6O2/c1-25-11-4-5-12(13(7-11)26-2)23-16-15(19)17(22-9-21-16)24-14-6-3-10(18)8-20-14/h3-9H,19H2,1-2H3,(H2,20,21,22,23,24). The number of ether oxygens (including phenoxy) is 2. The molecular formula is C17H17ClN6O2. The number of anilines is 5. The van der Waals surface area contributed by atoms with Crippen molar-refractivity contribution in [1.29, 1.82) is 0 Å². The van der Waals surface area contributed by atoms with Crippen molar-refractivity contribution in [3.8, 4) is 11.5 Å². The van der Waals surface area contributed by atoms with Gasteiger partial charge in [0.1, 0.15) is 29.3 Å². The number of nitrogens with zero attached hydrogens (tertiary/aromatic N) is 3. The Kier molecular flexibility index (Phi) is 5.23. The SMILES string of the molecule is COc1ccc(Nc2ncnc(Nc3ccc(Cl)cn3)c2N)c(OC)c1. The van der Waals surface area contributed by atoms with E-state index in [2.05, 4.69) is 25.6 Å². The second-order valence-electron chi connectivity index (χ2n) is 5.16. The molecule has 0 atom stereocenters.